The molecule has 0 aromatic heterocycles. The van der Waals surface area contributed by atoms with Gasteiger partial charge in [0.1, 0.15) is 23.4 Å². The summed E-state index contributed by atoms with van der Waals surface area (Å²) in [6, 6.07) is 16.8. The number of halogens is 6. The number of carbonyl (C=O) groups excluding carboxylic acids is 4. The maximum absolute atomic E-state index is 13.9. The molecule has 2 heterocycles. The molecular weight excluding hydrogens is 872 g/mol. The smallest absolute Gasteiger partial charge is 0.0312 e. The molecule has 311 valence electrons. The number of ether oxygens (including phenoxy) is 4. The van der Waals surface area contributed by atoms with Gasteiger partial charge in [-0.1, -0.05) is 48.5 Å². The van der Waals surface area contributed by atoms with Crippen LogP contribution in [0.3, 0.4) is 0 Å². The average Bonchev–Trinajstić information content (AvgIpc) is 3.68. The van der Waals surface area contributed by atoms with E-state index in [-0.39, 0.29) is 32.5 Å². The van der Waals surface area contributed by atoms with Gasteiger partial charge in [-0.2, -0.15) is 0 Å². The molecule has 5 radical (unpaired) electrons. The van der Waals surface area contributed by atoms with Crippen LogP contribution < -0.4 is 25.4 Å². The summed E-state index contributed by atoms with van der Waals surface area (Å²) in [5.74, 6) is -0.836. The third-order valence-electron chi connectivity index (χ3n) is 7.17. The number of esters is 1. The molecule has 1 fully saturated rings. The Morgan fingerprint density at radius 3 is 1.89 bits per heavy atom. The van der Waals surface area contributed by atoms with E-state index in [0.717, 1.165) is 0 Å². The predicted molar refractivity (Wildman–Crippen MR) is 196 cm³/mol. The molecule has 11 nitrogen and oxygen atoms in total. The summed E-state index contributed by atoms with van der Waals surface area (Å²) in [6.45, 7) is 6.87. The first-order valence-electron chi connectivity index (χ1n) is 16.9. The Hall–Kier alpha value is -4.43. The summed E-state index contributed by atoms with van der Waals surface area (Å²) in [5.41, 5.74) is 0.744. The van der Waals surface area contributed by atoms with Gasteiger partial charge in [-0.05, 0) is 101 Å². The van der Waals surface area contributed by atoms with Gasteiger partial charge in [0.25, 0.3) is 0 Å². The van der Waals surface area contributed by atoms with Crippen LogP contribution in [0.5, 0.6) is 17.2 Å². The zero-order valence-corrected chi connectivity index (χ0v) is 33.9. The Balaban J connectivity index is 0.000000741. The van der Waals surface area contributed by atoms with Gasteiger partial charge in [0.05, 0.1) is 13.7 Å². The van der Waals surface area contributed by atoms with Crippen molar-refractivity contribution in [2.75, 3.05) is 13.7 Å². The van der Waals surface area contributed by atoms with Gasteiger partial charge in [-0.15, -0.1) is 0 Å². The van der Waals surface area contributed by atoms with E-state index in [1.807, 2.05) is 32.1 Å². The summed E-state index contributed by atoms with van der Waals surface area (Å²) in [6.07, 6.45) is 9.29. The van der Waals surface area contributed by atoms with Gasteiger partial charge >= 0.3 is 64.5 Å². The number of amides is 3. The van der Waals surface area contributed by atoms with E-state index in [0.29, 0.717) is 33.9 Å². The molecule has 3 aromatic rings. The SMILES string of the molecule is CCOC(=O)[C@H]1NC(=O)[C@H](c2ccccc2)NC(=O)[C@@H](NC(=O)OC(C)(C)C)Cc2ccc(cc2)Oc2cc1ccc2OC.F[P-](F)(F)(F)(F)F.[CH]1[CH][CH][CH][CH]1.[Ru+2]. The Bertz CT molecular complexity index is 1790. The van der Waals surface area contributed by atoms with Crippen molar-refractivity contribution in [3.8, 4) is 17.2 Å². The number of benzene rings is 3. The molecule has 3 aliphatic rings. The fraction of sp³-hybridized carbons (Fsp3) is 0.289. The van der Waals surface area contributed by atoms with Crippen molar-refractivity contribution in [3.63, 3.8) is 0 Å². The van der Waals surface area contributed by atoms with Crippen molar-refractivity contribution >= 4 is 31.7 Å². The first-order valence-corrected chi connectivity index (χ1v) is 18.9. The second-order valence-corrected chi connectivity index (χ2v) is 14.9. The molecule has 0 saturated heterocycles. The van der Waals surface area contributed by atoms with Gasteiger partial charge in [0.15, 0.2) is 17.5 Å². The summed E-state index contributed by atoms with van der Waals surface area (Å²) in [7, 11) is -9.16. The van der Waals surface area contributed by atoms with Crippen molar-refractivity contribution in [3.05, 3.63) is 122 Å². The standard InChI is InChI=1S/C33H37N3O8.C5H5.F6P.Ru/c1-6-42-31(39)28-22-14-17-25(41-5)26(19-22)43-23-15-12-20(13-16-23)18-24(34-32(40)44-33(2,3)4)29(37)35-27(30(38)36-28)21-10-8-7-9-11-21;1-2-4-5-3-1;1-7(2,3,4,5)6;/h7-17,19,24,27-28H,6,18H2,1-5H3,(H,34,40)(H,35,37)(H,36,38);1-5H;;/q;;-1;+2/t24-,27-,28-;;;/m0.../s1. The maximum Gasteiger partial charge on any atom is 2.00 e. The number of alkyl carbamates (subject to hydrolysis) is 1. The van der Waals surface area contributed by atoms with E-state index < -0.39 is 55.4 Å². The molecule has 19 heteroatoms. The number of carbonyl (C=O) groups is 4. The van der Waals surface area contributed by atoms with Gasteiger partial charge < -0.3 is 34.9 Å². The number of hydrogen-bond acceptors (Lipinski definition) is 8. The Labute approximate surface area is 339 Å². The van der Waals surface area contributed by atoms with Crippen molar-refractivity contribution in [2.45, 2.75) is 57.8 Å². The summed E-state index contributed by atoms with van der Waals surface area (Å²) in [5, 5.41) is 8.15. The summed E-state index contributed by atoms with van der Waals surface area (Å²) < 4.78 is 81.5. The predicted octanol–water partition coefficient (Wildman–Crippen LogP) is 8.92. The van der Waals surface area contributed by atoms with Crippen LogP contribution >= 0.6 is 7.81 Å². The third-order valence-corrected chi connectivity index (χ3v) is 7.17. The fourth-order valence-electron chi connectivity index (χ4n) is 4.91. The van der Waals surface area contributed by atoms with Crippen LogP contribution in [-0.2, 0) is 49.8 Å². The zero-order valence-electron chi connectivity index (χ0n) is 31.3. The van der Waals surface area contributed by atoms with E-state index in [1.54, 1.807) is 100 Å². The van der Waals surface area contributed by atoms with Crippen molar-refractivity contribution in [2.24, 2.45) is 0 Å². The Morgan fingerprint density at radius 2 is 1.39 bits per heavy atom. The molecule has 3 amide bonds. The van der Waals surface area contributed by atoms with E-state index in [4.69, 9.17) is 18.9 Å². The second-order valence-electron chi connectivity index (χ2n) is 13.0. The largest absolute Gasteiger partial charge is 2.00 e. The minimum atomic E-state index is -10.7. The van der Waals surface area contributed by atoms with Crippen LogP contribution in [0.4, 0.5) is 30.0 Å². The molecule has 1 aliphatic carbocycles. The summed E-state index contributed by atoms with van der Waals surface area (Å²) in [4.78, 5) is 53.6. The van der Waals surface area contributed by atoms with Gasteiger partial charge in [-0.25, -0.2) is 9.59 Å². The number of methoxy groups -OCH3 is 1. The number of hydrogen-bond donors (Lipinski definition) is 3. The fourth-order valence-corrected chi connectivity index (χ4v) is 4.91. The van der Waals surface area contributed by atoms with Gasteiger partial charge in [-0.3, -0.25) is 9.59 Å². The van der Waals surface area contributed by atoms with E-state index in [2.05, 4.69) is 16.0 Å². The molecule has 2 aliphatic heterocycles. The molecular formula is C38H42F6N3O8PRu+. The van der Waals surface area contributed by atoms with Gasteiger partial charge in [0.2, 0.25) is 11.8 Å². The monoisotopic (exact) mass is 915 g/mol. The first-order chi connectivity index (χ1) is 25.9. The van der Waals surface area contributed by atoms with E-state index in [1.165, 1.54) is 7.11 Å². The minimum Gasteiger partial charge on any atom is -0.0312 e. The molecule has 0 spiro atoms. The van der Waals surface area contributed by atoms with Gasteiger partial charge in [0, 0.05) is 6.42 Å². The number of rotatable bonds is 5. The van der Waals surface area contributed by atoms with Crippen LogP contribution in [0.2, 0.25) is 0 Å². The number of fused-ring (bicyclic) bond motifs is 9. The average molecular weight is 915 g/mol. The van der Waals surface area contributed by atoms with E-state index >= 15 is 0 Å². The number of nitrogens with one attached hydrogen (secondary N) is 3. The maximum atomic E-state index is 13.9. The van der Waals surface area contributed by atoms with Crippen LogP contribution in [0.1, 0.15) is 56.5 Å². The second kappa shape index (κ2) is 19.8. The summed E-state index contributed by atoms with van der Waals surface area (Å²) >= 11 is 0. The van der Waals surface area contributed by atoms with Crippen LogP contribution in [0, 0.1) is 32.1 Å². The van der Waals surface area contributed by atoms with Crippen molar-refractivity contribution in [1.82, 2.24) is 16.0 Å². The first kappa shape index (κ1) is 48.7. The normalized spacial score (nSPS) is 19.4. The molecule has 3 aromatic carbocycles. The Morgan fingerprint density at radius 1 is 0.825 bits per heavy atom. The van der Waals surface area contributed by atoms with Crippen LogP contribution in [0.25, 0.3) is 0 Å². The molecule has 1 saturated carbocycles. The minimum absolute atomic E-state index is 0. The molecule has 0 unspecified atom stereocenters. The third kappa shape index (κ3) is 19.0. The molecule has 3 atom stereocenters. The van der Waals surface area contributed by atoms with E-state index in [9.17, 15) is 44.4 Å². The topological polar surface area (TPSA) is 141 Å². The zero-order chi connectivity index (χ0) is 41.8. The molecule has 4 bridgehead atoms. The van der Waals surface area contributed by atoms with Crippen LogP contribution in [0.15, 0.2) is 72.8 Å². The molecule has 6 rings (SSSR count). The molecule has 3 N–H and O–H groups in total. The van der Waals surface area contributed by atoms with Crippen LogP contribution in [-0.4, -0.2) is 49.2 Å². The Kier molecular flexibility index (Phi) is 16.9. The van der Waals surface area contributed by atoms with Crippen molar-refractivity contribution < 1.29 is 82.8 Å². The quantitative estimate of drug-likeness (QED) is 0.0998. The van der Waals surface area contributed by atoms with Crippen molar-refractivity contribution in [1.29, 1.82) is 0 Å². The molecule has 57 heavy (non-hydrogen) atoms.